The van der Waals surface area contributed by atoms with Crippen LogP contribution in [0.2, 0.25) is 0 Å². The summed E-state index contributed by atoms with van der Waals surface area (Å²) in [6.45, 7) is 4.72. The van der Waals surface area contributed by atoms with Gasteiger partial charge in [-0.1, -0.05) is 214 Å². The smallest absolute Gasteiger partial charge is 0.0713 e. The highest BCUT2D eigenvalue weighted by molar-refractivity contribution is 6.09. The van der Waals surface area contributed by atoms with Crippen molar-refractivity contribution in [2.45, 2.75) is 24.7 Å². The van der Waals surface area contributed by atoms with Crippen LogP contribution in [0.15, 0.2) is 267 Å². The lowest BCUT2D eigenvalue weighted by Crippen LogP contribution is -2.28. The zero-order valence-corrected chi connectivity index (χ0v) is 40.3. The van der Waals surface area contributed by atoms with Crippen molar-refractivity contribution in [3.8, 4) is 50.2 Å². The van der Waals surface area contributed by atoms with Crippen molar-refractivity contribution in [2.75, 3.05) is 4.90 Å². The van der Waals surface area contributed by atoms with E-state index in [1.807, 2.05) is 0 Å². The second-order valence-corrected chi connectivity index (χ2v) is 20.0. The molecule has 0 bridgehead atoms. The van der Waals surface area contributed by atoms with Crippen LogP contribution >= 0.6 is 0 Å². The molecule has 0 aliphatic heterocycles. The Kier molecular flexibility index (Phi) is 9.50. The molecule has 0 fully saturated rings. The number of nitrogens with zero attached hydrogens (tertiary/aromatic N) is 2. The summed E-state index contributed by atoms with van der Waals surface area (Å²) in [5, 5.41) is 2.54. The van der Waals surface area contributed by atoms with Gasteiger partial charge < -0.3 is 9.47 Å². The summed E-state index contributed by atoms with van der Waals surface area (Å²) in [6.07, 6.45) is 0. The van der Waals surface area contributed by atoms with Crippen LogP contribution in [-0.2, 0) is 10.8 Å². The molecular formula is C70H50N2. The molecule has 0 unspecified atom stereocenters. The number of rotatable bonds is 8. The molecule has 1 aromatic heterocycles. The van der Waals surface area contributed by atoms with Gasteiger partial charge in [-0.05, 0) is 145 Å². The number of aromatic nitrogens is 1. The number of fused-ring (bicyclic) bond motifs is 9. The molecule has 0 spiro atoms. The molecule has 72 heavy (non-hydrogen) atoms. The van der Waals surface area contributed by atoms with Crippen LogP contribution in [0.4, 0.5) is 17.1 Å². The zero-order valence-electron chi connectivity index (χ0n) is 40.3. The van der Waals surface area contributed by atoms with E-state index in [9.17, 15) is 0 Å². The molecule has 11 aromatic carbocycles. The fourth-order valence-electron chi connectivity index (χ4n) is 12.5. The van der Waals surface area contributed by atoms with E-state index in [0.717, 1.165) is 22.7 Å². The fraction of sp³-hybridized carbons (Fsp3) is 0.0571. The molecule has 0 saturated heterocycles. The highest BCUT2D eigenvalue weighted by atomic mass is 15.1. The quantitative estimate of drug-likeness (QED) is 0.147. The molecule has 0 amide bonds. The van der Waals surface area contributed by atoms with Crippen molar-refractivity contribution in [1.82, 2.24) is 4.57 Å². The van der Waals surface area contributed by atoms with Gasteiger partial charge in [-0.15, -0.1) is 0 Å². The minimum absolute atomic E-state index is 0.127. The third kappa shape index (κ3) is 6.28. The van der Waals surface area contributed by atoms with Crippen LogP contribution in [-0.4, -0.2) is 4.57 Å². The Bertz CT molecular complexity index is 3940. The van der Waals surface area contributed by atoms with Crippen LogP contribution in [0.25, 0.3) is 72.0 Å². The van der Waals surface area contributed by atoms with Crippen molar-refractivity contribution < 1.29 is 0 Å². The van der Waals surface area contributed by atoms with Gasteiger partial charge in [-0.3, -0.25) is 0 Å². The maximum Gasteiger partial charge on any atom is 0.0713 e. The molecule has 0 N–H and O–H groups in total. The minimum Gasteiger partial charge on any atom is -0.310 e. The van der Waals surface area contributed by atoms with E-state index in [4.69, 9.17) is 0 Å². The van der Waals surface area contributed by atoms with E-state index in [1.165, 1.54) is 99.7 Å². The van der Waals surface area contributed by atoms with Gasteiger partial charge >= 0.3 is 0 Å². The van der Waals surface area contributed by atoms with E-state index in [2.05, 4.69) is 290 Å². The third-order valence-corrected chi connectivity index (χ3v) is 15.9. The van der Waals surface area contributed by atoms with Crippen molar-refractivity contribution in [1.29, 1.82) is 0 Å². The minimum atomic E-state index is -0.421. The topological polar surface area (TPSA) is 8.17 Å². The molecule has 0 atom stereocenters. The van der Waals surface area contributed by atoms with E-state index >= 15 is 0 Å². The molecule has 2 aliphatic carbocycles. The first-order chi connectivity index (χ1) is 35.5. The maximum absolute atomic E-state index is 2.42. The van der Waals surface area contributed by atoms with E-state index in [-0.39, 0.29) is 5.41 Å². The molecule has 2 nitrogen and oxygen atoms in total. The lowest BCUT2D eigenvalue weighted by Gasteiger charge is -2.33. The lowest BCUT2D eigenvalue weighted by atomic mass is 9.67. The van der Waals surface area contributed by atoms with Crippen LogP contribution < -0.4 is 4.90 Å². The summed E-state index contributed by atoms with van der Waals surface area (Å²) < 4.78 is 2.38. The first kappa shape index (κ1) is 41.9. The van der Waals surface area contributed by atoms with Gasteiger partial charge in [-0.25, -0.2) is 0 Å². The second-order valence-electron chi connectivity index (χ2n) is 20.0. The first-order valence-corrected chi connectivity index (χ1v) is 25.2. The maximum atomic E-state index is 2.42. The molecule has 2 heteroatoms. The summed E-state index contributed by atoms with van der Waals surface area (Å²) in [4.78, 5) is 2.42. The molecular weight excluding hydrogens is 869 g/mol. The van der Waals surface area contributed by atoms with Gasteiger partial charge in [0.2, 0.25) is 0 Å². The standard InChI is InChI=1S/C70H50N2/c1-69(2)63-25-13-9-21-57(63)59-43-42-56(46-66(59)69)71(53-36-29-47(30-37-53)48-31-40-55(41-32-48)72-67-27-15-11-23-60(67)61-24-12-16-28-68(61)72)54-38-33-49(34-39-54)50-35-44-65-62(45-50)58-22-10-14-26-64(58)70(65,51-17-5-3-6-18-51)52-19-7-4-8-20-52/h3-46H,1-2H3. The van der Waals surface area contributed by atoms with Gasteiger partial charge in [0, 0.05) is 38.9 Å². The number of hydrogen-bond donors (Lipinski definition) is 0. The third-order valence-electron chi connectivity index (χ3n) is 15.9. The summed E-state index contributed by atoms with van der Waals surface area (Å²) in [6, 6.07) is 98.8. The monoisotopic (exact) mass is 918 g/mol. The van der Waals surface area contributed by atoms with Gasteiger partial charge in [0.15, 0.2) is 0 Å². The molecule has 2 aliphatic rings. The van der Waals surface area contributed by atoms with Crippen LogP contribution in [0, 0.1) is 0 Å². The van der Waals surface area contributed by atoms with Crippen molar-refractivity contribution in [2.24, 2.45) is 0 Å². The molecule has 0 saturated carbocycles. The predicted molar refractivity (Wildman–Crippen MR) is 301 cm³/mol. The van der Waals surface area contributed by atoms with E-state index in [0.29, 0.717) is 0 Å². The Hall–Kier alpha value is -8.98. The van der Waals surface area contributed by atoms with Crippen LogP contribution in [0.3, 0.4) is 0 Å². The molecule has 1 heterocycles. The second kappa shape index (κ2) is 16.3. The first-order valence-electron chi connectivity index (χ1n) is 25.2. The molecule has 340 valence electrons. The molecule has 14 rings (SSSR count). The summed E-state index contributed by atoms with van der Waals surface area (Å²) in [7, 11) is 0. The van der Waals surface area contributed by atoms with Gasteiger partial charge in [0.1, 0.15) is 0 Å². The molecule has 12 aromatic rings. The normalized spacial score (nSPS) is 13.6. The Morgan fingerprint density at radius 1 is 0.306 bits per heavy atom. The number of benzene rings is 11. The average molecular weight is 919 g/mol. The van der Waals surface area contributed by atoms with Gasteiger partial charge in [0.05, 0.1) is 16.4 Å². The SMILES string of the molecule is CC1(C)c2ccccc2-c2ccc(N(c3ccc(-c4ccc(-n5c6ccccc6c6ccccc65)cc4)cc3)c3ccc(-c4ccc5c(c4)-c4ccccc4C5(c4ccccc4)c4ccccc4)cc3)cc21. The highest BCUT2D eigenvalue weighted by Gasteiger charge is 2.46. The Morgan fingerprint density at radius 3 is 1.33 bits per heavy atom. The predicted octanol–water partition coefficient (Wildman–Crippen LogP) is 18.3. The number of hydrogen-bond acceptors (Lipinski definition) is 1. The summed E-state index contributed by atoms with van der Waals surface area (Å²) in [5.74, 6) is 0. The summed E-state index contributed by atoms with van der Waals surface area (Å²) >= 11 is 0. The Morgan fingerprint density at radius 2 is 0.736 bits per heavy atom. The van der Waals surface area contributed by atoms with Crippen LogP contribution in [0.5, 0.6) is 0 Å². The largest absolute Gasteiger partial charge is 0.310 e. The summed E-state index contributed by atoms with van der Waals surface area (Å²) in [5.41, 5.74) is 24.3. The number of anilines is 3. The van der Waals surface area contributed by atoms with Crippen molar-refractivity contribution in [3.63, 3.8) is 0 Å². The van der Waals surface area contributed by atoms with E-state index in [1.54, 1.807) is 0 Å². The van der Waals surface area contributed by atoms with Gasteiger partial charge in [0.25, 0.3) is 0 Å². The average Bonchev–Trinajstić information content (AvgIpc) is 4.03. The van der Waals surface area contributed by atoms with Crippen molar-refractivity contribution in [3.05, 3.63) is 300 Å². The number of para-hydroxylation sites is 2. The van der Waals surface area contributed by atoms with Crippen LogP contribution in [0.1, 0.15) is 47.2 Å². The Labute approximate surface area is 421 Å². The molecule has 0 radical (unpaired) electrons. The lowest BCUT2D eigenvalue weighted by molar-refractivity contribution is 0.660. The fourth-order valence-corrected chi connectivity index (χ4v) is 12.5. The van der Waals surface area contributed by atoms with E-state index < -0.39 is 5.41 Å². The highest BCUT2D eigenvalue weighted by Crippen LogP contribution is 2.57. The van der Waals surface area contributed by atoms with Gasteiger partial charge in [-0.2, -0.15) is 0 Å². The zero-order chi connectivity index (χ0) is 48.0. The Balaban J connectivity index is 0.843. The van der Waals surface area contributed by atoms with Crippen molar-refractivity contribution >= 4 is 38.9 Å².